The minimum Gasteiger partial charge on any atom is -0.496 e. The van der Waals surface area contributed by atoms with Gasteiger partial charge in [0.05, 0.1) is 18.7 Å². The molecule has 0 saturated heterocycles. The third kappa shape index (κ3) is 2.81. The molecule has 1 N–H and O–H groups in total. The van der Waals surface area contributed by atoms with Gasteiger partial charge in [-0.15, -0.1) is 0 Å². The van der Waals surface area contributed by atoms with Crippen molar-refractivity contribution in [3.8, 4) is 22.9 Å². The minimum atomic E-state index is 0.638. The Hall–Kier alpha value is -2.31. The van der Waals surface area contributed by atoms with E-state index in [4.69, 9.17) is 10.00 Å². The van der Waals surface area contributed by atoms with Crippen molar-refractivity contribution in [1.29, 1.82) is 5.26 Å². The summed E-state index contributed by atoms with van der Waals surface area (Å²) in [5, 5.41) is 12.2. The maximum Gasteiger partial charge on any atom is 0.126 e. The first-order valence-corrected chi connectivity index (χ1v) is 6.52. The molecule has 20 heavy (non-hydrogen) atoms. The van der Waals surface area contributed by atoms with E-state index in [1.807, 2.05) is 19.2 Å². The molecule has 2 aromatic carbocycles. The van der Waals surface area contributed by atoms with E-state index >= 15 is 0 Å². The summed E-state index contributed by atoms with van der Waals surface area (Å²) in [6, 6.07) is 14.0. The summed E-state index contributed by atoms with van der Waals surface area (Å²) >= 11 is 0. The van der Waals surface area contributed by atoms with Crippen molar-refractivity contribution in [3.05, 3.63) is 53.1 Å². The van der Waals surface area contributed by atoms with Gasteiger partial charge in [-0.05, 0) is 54.9 Å². The first-order chi connectivity index (χ1) is 9.69. The summed E-state index contributed by atoms with van der Waals surface area (Å²) in [6.07, 6.45) is 0. The van der Waals surface area contributed by atoms with Gasteiger partial charge >= 0.3 is 0 Å². The molecule has 0 heterocycles. The highest BCUT2D eigenvalue weighted by Crippen LogP contribution is 2.33. The number of hydrogen-bond donors (Lipinski definition) is 1. The second kappa shape index (κ2) is 6.23. The lowest BCUT2D eigenvalue weighted by molar-refractivity contribution is 0.416. The Kier molecular flexibility index (Phi) is 4.39. The third-order valence-electron chi connectivity index (χ3n) is 3.30. The standard InChI is InChI=1S/C17H18N2O/c1-12-4-5-14(11-19-2)9-15(12)16-8-13(10-18)6-7-17(16)20-3/h4-9,19H,11H2,1-3H3. The average Bonchev–Trinajstić information content (AvgIpc) is 2.49. The SMILES string of the molecule is CNCc1ccc(C)c(-c2cc(C#N)ccc2OC)c1. The molecule has 0 aliphatic carbocycles. The second-order valence-electron chi connectivity index (χ2n) is 4.71. The first kappa shape index (κ1) is 14.1. The largest absolute Gasteiger partial charge is 0.496 e. The van der Waals surface area contributed by atoms with E-state index in [0.29, 0.717) is 5.56 Å². The van der Waals surface area contributed by atoms with Crippen LogP contribution < -0.4 is 10.1 Å². The predicted molar refractivity (Wildman–Crippen MR) is 80.6 cm³/mol. The molecule has 2 rings (SSSR count). The van der Waals surface area contributed by atoms with Gasteiger partial charge in [0.15, 0.2) is 0 Å². The average molecular weight is 266 g/mol. The van der Waals surface area contributed by atoms with Crippen LogP contribution in [0.3, 0.4) is 0 Å². The summed E-state index contributed by atoms with van der Waals surface area (Å²) in [5.74, 6) is 0.786. The number of ether oxygens (including phenoxy) is 1. The van der Waals surface area contributed by atoms with Crippen LogP contribution in [-0.2, 0) is 6.54 Å². The molecule has 0 radical (unpaired) electrons. The third-order valence-corrected chi connectivity index (χ3v) is 3.30. The van der Waals surface area contributed by atoms with Crippen LogP contribution in [0, 0.1) is 18.3 Å². The van der Waals surface area contributed by atoms with Gasteiger partial charge in [0.1, 0.15) is 5.75 Å². The molecular formula is C17H18N2O. The van der Waals surface area contributed by atoms with Crippen molar-refractivity contribution in [2.24, 2.45) is 0 Å². The van der Waals surface area contributed by atoms with Crippen LogP contribution in [-0.4, -0.2) is 14.2 Å². The molecule has 0 aromatic heterocycles. The van der Waals surface area contributed by atoms with Crippen LogP contribution in [0.15, 0.2) is 36.4 Å². The zero-order chi connectivity index (χ0) is 14.5. The Morgan fingerprint density at radius 3 is 2.60 bits per heavy atom. The van der Waals surface area contributed by atoms with E-state index < -0.39 is 0 Å². The Labute approximate surface area is 119 Å². The number of rotatable bonds is 4. The molecule has 3 nitrogen and oxygen atoms in total. The highest BCUT2D eigenvalue weighted by atomic mass is 16.5. The lowest BCUT2D eigenvalue weighted by atomic mass is 9.96. The van der Waals surface area contributed by atoms with E-state index in [1.165, 1.54) is 11.1 Å². The van der Waals surface area contributed by atoms with Gasteiger partial charge in [0.2, 0.25) is 0 Å². The Bertz CT molecular complexity index is 657. The van der Waals surface area contributed by atoms with E-state index in [-0.39, 0.29) is 0 Å². The fraction of sp³-hybridized carbons (Fsp3) is 0.235. The molecule has 0 spiro atoms. The minimum absolute atomic E-state index is 0.638. The zero-order valence-electron chi connectivity index (χ0n) is 12.0. The van der Waals surface area contributed by atoms with Crippen molar-refractivity contribution in [3.63, 3.8) is 0 Å². The Morgan fingerprint density at radius 2 is 1.95 bits per heavy atom. The Morgan fingerprint density at radius 1 is 1.15 bits per heavy atom. The maximum atomic E-state index is 9.08. The summed E-state index contributed by atoms with van der Waals surface area (Å²) < 4.78 is 5.43. The summed E-state index contributed by atoms with van der Waals surface area (Å²) in [4.78, 5) is 0. The zero-order valence-corrected chi connectivity index (χ0v) is 12.0. The molecule has 0 bridgehead atoms. The summed E-state index contributed by atoms with van der Waals surface area (Å²) in [7, 11) is 3.58. The van der Waals surface area contributed by atoms with Gasteiger partial charge in [-0.1, -0.05) is 12.1 Å². The molecule has 2 aromatic rings. The van der Waals surface area contributed by atoms with Crippen LogP contribution in [0.2, 0.25) is 0 Å². The van der Waals surface area contributed by atoms with Crippen LogP contribution in [0.25, 0.3) is 11.1 Å². The van der Waals surface area contributed by atoms with Crippen LogP contribution in [0.4, 0.5) is 0 Å². The summed E-state index contributed by atoms with van der Waals surface area (Å²) in [5.41, 5.74) is 5.07. The van der Waals surface area contributed by atoms with Crippen molar-refractivity contribution in [2.45, 2.75) is 13.5 Å². The lowest BCUT2D eigenvalue weighted by Crippen LogP contribution is -2.05. The van der Waals surface area contributed by atoms with E-state index in [2.05, 4.69) is 36.5 Å². The van der Waals surface area contributed by atoms with E-state index in [9.17, 15) is 0 Å². The van der Waals surface area contributed by atoms with Gasteiger partial charge in [-0.3, -0.25) is 0 Å². The van der Waals surface area contributed by atoms with Gasteiger partial charge < -0.3 is 10.1 Å². The van der Waals surface area contributed by atoms with Crippen LogP contribution in [0.5, 0.6) is 5.75 Å². The molecule has 0 amide bonds. The summed E-state index contributed by atoms with van der Waals surface area (Å²) in [6.45, 7) is 2.88. The molecule has 3 heteroatoms. The van der Waals surface area contributed by atoms with Crippen molar-refractivity contribution in [2.75, 3.05) is 14.2 Å². The maximum absolute atomic E-state index is 9.08. The van der Waals surface area contributed by atoms with Crippen molar-refractivity contribution in [1.82, 2.24) is 5.32 Å². The highest BCUT2D eigenvalue weighted by molar-refractivity contribution is 5.75. The van der Waals surface area contributed by atoms with Crippen molar-refractivity contribution < 1.29 is 4.74 Å². The van der Waals surface area contributed by atoms with Gasteiger partial charge in [0, 0.05) is 12.1 Å². The van der Waals surface area contributed by atoms with Gasteiger partial charge in [-0.2, -0.15) is 5.26 Å². The molecule has 0 atom stereocenters. The highest BCUT2D eigenvalue weighted by Gasteiger charge is 2.10. The number of nitrogens with one attached hydrogen (secondary N) is 1. The second-order valence-corrected chi connectivity index (χ2v) is 4.71. The molecule has 0 saturated carbocycles. The quantitative estimate of drug-likeness (QED) is 0.923. The topological polar surface area (TPSA) is 45.0 Å². The molecule has 102 valence electrons. The van der Waals surface area contributed by atoms with Gasteiger partial charge in [0.25, 0.3) is 0 Å². The van der Waals surface area contributed by atoms with Crippen molar-refractivity contribution >= 4 is 0 Å². The molecule has 0 aliphatic heterocycles. The Balaban J connectivity index is 2.60. The fourth-order valence-corrected chi connectivity index (χ4v) is 2.26. The lowest BCUT2D eigenvalue weighted by Gasteiger charge is -2.13. The molecule has 0 aliphatic rings. The number of nitriles is 1. The monoisotopic (exact) mass is 266 g/mol. The number of hydrogen-bond acceptors (Lipinski definition) is 3. The van der Waals surface area contributed by atoms with Crippen LogP contribution in [0.1, 0.15) is 16.7 Å². The number of nitrogens with zero attached hydrogens (tertiary/aromatic N) is 1. The smallest absolute Gasteiger partial charge is 0.126 e. The predicted octanol–water partition coefficient (Wildman–Crippen LogP) is 3.26. The first-order valence-electron chi connectivity index (χ1n) is 6.52. The molecular weight excluding hydrogens is 248 g/mol. The fourth-order valence-electron chi connectivity index (χ4n) is 2.26. The number of benzene rings is 2. The van der Waals surface area contributed by atoms with Crippen LogP contribution >= 0.6 is 0 Å². The van der Waals surface area contributed by atoms with E-state index in [0.717, 1.165) is 23.4 Å². The van der Waals surface area contributed by atoms with E-state index in [1.54, 1.807) is 13.2 Å². The number of aryl methyl sites for hydroxylation is 1. The molecule has 0 fully saturated rings. The normalized spacial score (nSPS) is 10.1. The number of methoxy groups -OCH3 is 1. The molecule has 0 unspecified atom stereocenters. The van der Waals surface area contributed by atoms with Gasteiger partial charge in [-0.25, -0.2) is 0 Å².